The summed E-state index contributed by atoms with van der Waals surface area (Å²) in [6.07, 6.45) is 9.76. The Morgan fingerprint density at radius 1 is 1.29 bits per heavy atom. The second-order valence-electron chi connectivity index (χ2n) is 8.25. The Morgan fingerprint density at radius 3 is 2.57 bits per heavy atom. The summed E-state index contributed by atoms with van der Waals surface area (Å²) >= 11 is 0. The maximum absolute atomic E-state index is 12.2. The van der Waals surface area contributed by atoms with E-state index >= 15 is 0 Å². The number of hydrogen-bond acceptors (Lipinski definition) is 2. The minimum atomic E-state index is -0.668. The molecule has 1 N–H and O–H groups in total. The van der Waals surface area contributed by atoms with E-state index in [9.17, 15) is 9.90 Å². The van der Waals surface area contributed by atoms with Crippen molar-refractivity contribution in [3.63, 3.8) is 0 Å². The Hall–Kier alpha value is -0.630. The molecule has 0 aromatic carbocycles. The van der Waals surface area contributed by atoms with Crippen molar-refractivity contribution >= 4 is 5.78 Å². The molecule has 2 rings (SSSR count). The molecule has 2 nitrogen and oxygen atoms in total. The average molecular weight is 292 g/mol. The van der Waals surface area contributed by atoms with Gasteiger partial charge in [-0.15, -0.1) is 0 Å². The Morgan fingerprint density at radius 2 is 1.95 bits per heavy atom. The van der Waals surface area contributed by atoms with Crippen LogP contribution in [0.2, 0.25) is 0 Å². The fourth-order valence-electron chi connectivity index (χ4n) is 4.55. The zero-order valence-electron chi connectivity index (χ0n) is 14.4. The minimum Gasteiger partial charge on any atom is -0.390 e. The highest BCUT2D eigenvalue weighted by Gasteiger charge is 2.51. The molecule has 5 atom stereocenters. The van der Waals surface area contributed by atoms with Crippen LogP contribution >= 0.6 is 0 Å². The average Bonchev–Trinajstić information content (AvgIpc) is 2.73. The van der Waals surface area contributed by atoms with E-state index < -0.39 is 5.60 Å². The maximum Gasteiger partial charge on any atom is 0.136 e. The smallest absolute Gasteiger partial charge is 0.136 e. The predicted octanol–water partition coefficient (Wildman–Crippen LogP) is 4.37. The lowest BCUT2D eigenvalue weighted by atomic mass is 9.62. The van der Waals surface area contributed by atoms with Gasteiger partial charge in [-0.25, -0.2) is 0 Å². The first-order chi connectivity index (χ1) is 9.66. The van der Waals surface area contributed by atoms with Crippen molar-refractivity contribution < 1.29 is 9.90 Å². The summed E-state index contributed by atoms with van der Waals surface area (Å²) in [7, 11) is 0. The van der Waals surface area contributed by atoms with Crippen molar-refractivity contribution in [1.29, 1.82) is 0 Å². The van der Waals surface area contributed by atoms with E-state index in [0.717, 1.165) is 19.3 Å². The minimum absolute atomic E-state index is 0.151. The topological polar surface area (TPSA) is 37.3 Å². The number of carbonyl (C=O) groups is 1. The Bertz CT molecular complexity index is 418. The van der Waals surface area contributed by atoms with Gasteiger partial charge in [0.2, 0.25) is 0 Å². The quantitative estimate of drug-likeness (QED) is 0.781. The van der Waals surface area contributed by atoms with E-state index in [-0.39, 0.29) is 11.3 Å². The lowest BCUT2D eigenvalue weighted by molar-refractivity contribution is -0.129. The Labute approximate surface area is 130 Å². The molecule has 21 heavy (non-hydrogen) atoms. The summed E-state index contributed by atoms with van der Waals surface area (Å²) in [5.41, 5.74) is -0.462. The summed E-state index contributed by atoms with van der Waals surface area (Å²) in [4.78, 5) is 12.2. The van der Waals surface area contributed by atoms with Crippen molar-refractivity contribution in [2.24, 2.45) is 29.1 Å². The number of carbonyl (C=O) groups excluding carboxylic acids is 1. The van der Waals surface area contributed by atoms with Crippen molar-refractivity contribution in [2.75, 3.05) is 0 Å². The van der Waals surface area contributed by atoms with E-state index in [0.29, 0.717) is 23.5 Å². The van der Waals surface area contributed by atoms with Gasteiger partial charge < -0.3 is 5.11 Å². The van der Waals surface area contributed by atoms with Crippen LogP contribution in [-0.4, -0.2) is 16.5 Å². The molecule has 5 unspecified atom stereocenters. The number of ketones is 1. The number of rotatable bonds is 4. The fourth-order valence-corrected chi connectivity index (χ4v) is 4.55. The summed E-state index contributed by atoms with van der Waals surface area (Å²) in [5.74, 6) is 2.05. The third-order valence-electron chi connectivity index (χ3n) is 6.39. The summed E-state index contributed by atoms with van der Waals surface area (Å²) in [6, 6.07) is 0. The third kappa shape index (κ3) is 3.26. The van der Waals surface area contributed by atoms with Crippen molar-refractivity contribution in [3.8, 4) is 0 Å². The van der Waals surface area contributed by atoms with Gasteiger partial charge >= 0.3 is 0 Å². The van der Waals surface area contributed by atoms with Crippen LogP contribution in [0.25, 0.3) is 0 Å². The number of aliphatic hydroxyl groups is 1. The SMILES string of the molecule is CC(/C=C/C(C)C(C)(C)O)C1CCC2C(=O)CCCC21C. The van der Waals surface area contributed by atoms with Crippen LogP contribution < -0.4 is 0 Å². The number of hydrogen-bond donors (Lipinski definition) is 1. The number of fused-ring (bicyclic) bond motifs is 1. The largest absolute Gasteiger partial charge is 0.390 e. The van der Waals surface area contributed by atoms with E-state index in [2.05, 4.69) is 32.9 Å². The molecular weight excluding hydrogens is 260 g/mol. The van der Waals surface area contributed by atoms with E-state index in [1.165, 1.54) is 12.8 Å². The lowest BCUT2D eigenvalue weighted by Gasteiger charge is -2.41. The highest BCUT2D eigenvalue weighted by molar-refractivity contribution is 5.83. The Kier molecular flexibility index (Phi) is 4.68. The Balaban J connectivity index is 2.08. The van der Waals surface area contributed by atoms with Crippen LogP contribution in [0.1, 0.15) is 66.7 Å². The highest BCUT2D eigenvalue weighted by Crippen LogP contribution is 2.56. The first kappa shape index (κ1) is 16.7. The van der Waals surface area contributed by atoms with Crippen molar-refractivity contribution in [2.45, 2.75) is 72.3 Å². The second kappa shape index (κ2) is 5.87. The highest BCUT2D eigenvalue weighted by atomic mass is 16.3. The molecule has 0 radical (unpaired) electrons. The van der Waals surface area contributed by atoms with Gasteiger partial charge in [0.25, 0.3) is 0 Å². The van der Waals surface area contributed by atoms with Gasteiger partial charge in [0, 0.05) is 18.3 Å². The van der Waals surface area contributed by atoms with Gasteiger partial charge in [0.1, 0.15) is 5.78 Å². The van der Waals surface area contributed by atoms with Crippen molar-refractivity contribution in [3.05, 3.63) is 12.2 Å². The van der Waals surface area contributed by atoms with Crippen molar-refractivity contribution in [1.82, 2.24) is 0 Å². The lowest BCUT2D eigenvalue weighted by Crippen LogP contribution is -2.39. The molecule has 2 fully saturated rings. The van der Waals surface area contributed by atoms with Gasteiger partial charge in [-0.1, -0.05) is 32.9 Å². The molecule has 120 valence electrons. The summed E-state index contributed by atoms with van der Waals surface area (Å²) < 4.78 is 0. The van der Waals surface area contributed by atoms with Crippen LogP contribution in [0, 0.1) is 29.1 Å². The molecule has 0 bridgehead atoms. The first-order valence-electron chi connectivity index (χ1n) is 8.59. The molecule has 0 aromatic rings. The monoisotopic (exact) mass is 292 g/mol. The van der Waals surface area contributed by atoms with Crippen LogP contribution in [0.4, 0.5) is 0 Å². The molecule has 0 saturated heterocycles. The molecule has 2 saturated carbocycles. The predicted molar refractivity (Wildman–Crippen MR) is 86.9 cm³/mol. The number of allylic oxidation sites excluding steroid dienone is 1. The number of Topliss-reactive ketones (excluding diaryl/α,β-unsaturated/α-hetero) is 1. The van der Waals surface area contributed by atoms with E-state index in [1.54, 1.807) is 0 Å². The van der Waals surface area contributed by atoms with Gasteiger partial charge in [0.05, 0.1) is 5.60 Å². The molecule has 0 aromatic heterocycles. The van der Waals surface area contributed by atoms with Crippen LogP contribution in [0.5, 0.6) is 0 Å². The first-order valence-corrected chi connectivity index (χ1v) is 8.59. The normalized spacial score (nSPS) is 36.8. The third-order valence-corrected chi connectivity index (χ3v) is 6.39. The second-order valence-corrected chi connectivity index (χ2v) is 8.25. The molecule has 0 amide bonds. The van der Waals surface area contributed by atoms with Gasteiger partial charge in [-0.05, 0) is 56.8 Å². The van der Waals surface area contributed by atoms with Gasteiger partial charge in [-0.2, -0.15) is 0 Å². The van der Waals surface area contributed by atoms with Crippen LogP contribution in [-0.2, 0) is 4.79 Å². The zero-order valence-corrected chi connectivity index (χ0v) is 14.4. The standard InChI is InChI=1S/C19H32O2/c1-13(8-9-14(2)18(3,4)21)15-10-11-16-17(20)7-6-12-19(15,16)5/h8-9,13-16,21H,6-7,10-12H2,1-5H3/b9-8+. The van der Waals surface area contributed by atoms with E-state index in [4.69, 9.17) is 0 Å². The fraction of sp³-hybridized carbons (Fsp3) is 0.842. The maximum atomic E-state index is 12.2. The van der Waals surface area contributed by atoms with Gasteiger partial charge in [-0.3, -0.25) is 4.79 Å². The van der Waals surface area contributed by atoms with Crippen LogP contribution in [0.3, 0.4) is 0 Å². The molecule has 0 aliphatic heterocycles. The molecule has 2 aliphatic carbocycles. The molecule has 0 spiro atoms. The molecule has 2 heteroatoms. The van der Waals surface area contributed by atoms with Crippen LogP contribution in [0.15, 0.2) is 12.2 Å². The molecular formula is C19H32O2. The van der Waals surface area contributed by atoms with Gasteiger partial charge in [0.15, 0.2) is 0 Å². The zero-order chi connectivity index (χ0) is 15.8. The molecule has 0 heterocycles. The summed E-state index contributed by atoms with van der Waals surface area (Å²) in [6.45, 7) is 10.4. The van der Waals surface area contributed by atoms with E-state index in [1.807, 2.05) is 13.8 Å². The molecule has 2 aliphatic rings. The summed E-state index contributed by atoms with van der Waals surface area (Å²) in [5, 5.41) is 10.0.